The minimum Gasteiger partial charge on any atom is -0.530 e. The van der Waals surface area contributed by atoms with Crippen molar-refractivity contribution in [2.75, 3.05) is 50.8 Å². The lowest BCUT2D eigenvalue weighted by Gasteiger charge is -2.43. The summed E-state index contributed by atoms with van der Waals surface area (Å²) < 4.78 is 40.8. The van der Waals surface area contributed by atoms with E-state index in [9.17, 15) is 37.5 Å². The lowest BCUT2D eigenvalue weighted by molar-refractivity contribution is -0.283. The molecule has 4 heterocycles. The number of amides is 4. The highest BCUT2D eigenvalue weighted by atomic mass is 19.4. The number of nitrogens with zero attached hydrogens (tertiary/aromatic N) is 6. The van der Waals surface area contributed by atoms with Gasteiger partial charge in [-0.15, -0.1) is 0 Å². The third-order valence-corrected chi connectivity index (χ3v) is 8.82. The normalized spacial score (nSPS) is 20.6. The fourth-order valence-electron chi connectivity index (χ4n) is 6.43. The molecule has 1 atom stereocenters. The first-order valence-corrected chi connectivity index (χ1v) is 14.1. The highest BCUT2D eigenvalue weighted by Crippen LogP contribution is 2.40. The summed E-state index contributed by atoms with van der Waals surface area (Å²) in [7, 11) is 0. The number of nitrogens with one attached hydrogen (secondary N) is 1. The molecule has 3 fully saturated rings. The predicted molar refractivity (Wildman–Crippen MR) is 148 cm³/mol. The number of carboxylic acid groups (broad SMARTS) is 1. The van der Waals surface area contributed by atoms with Crippen LogP contribution in [-0.4, -0.2) is 117 Å². The Morgan fingerprint density at radius 2 is 1.73 bits per heavy atom. The van der Waals surface area contributed by atoms with E-state index in [1.165, 1.54) is 4.90 Å². The van der Waals surface area contributed by atoms with Crippen LogP contribution >= 0.6 is 0 Å². The predicted octanol–water partition coefficient (Wildman–Crippen LogP) is 1.26. The number of carbonyl (C=O) groups excluding carboxylic acids is 4. The molecule has 0 bridgehead atoms. The maximum atomic E-state index is 14.0. The molecular weight excluding hydrogens is 583 g/mol. The minimum absolute atomic E-state index is 0.0292. The van der Waals surface area contributed by atoms with Crippen LogP contribution in [-0.2, 0) is 9.59 Å². The van der Waals surface area contributed by atoms with Crippen molar-refractivity contribution < 1.29 is 37.5 Å². The smallest absolute Gasteiger partial charge is 0.410 e. The number of hydrogen-bond donors (Lipinski definition) is 1. The highest BCUT2D eigenvalue weighted by molar-refractivity contribution is 5.99. The van der Waals surface area contributed by atoms with Gasteiger partial charge in [0.2, 0.25) is 5.91 Å². The number of halogens is 3. The zero-order valence-corrected chi connectivity index (χ0v) is 23.5. The van der Waals surface area contributed by atoms with Crippen LogP contribution in [0.5, 0.6) is 0 Å². The summed E-state index contributed by atoms with van der Waals surface area (Å²) in [6, 6.07) is 12.0. The third kappa shape index (κ3) is 5.15. The van der Waals surface area contributed by atoms with Gasteiger partial charge in [-0.25, -0.2) is 0 Å². The monoisotopic (exact) mass is 612 g/mol. The number of aromatic amines is 1. The summed E-state index contributed by atoms with van der Waals surface area (Å²) in [6.07, 6.45) is -4.65. The number of hydrogen-bond acceptors (Lipinski definition) is 7. The van der Waals surface area contributed by atoms with E-state index in [0.29, 0.717) is 5.56 Å². The zero-order valence-electron chi connectivity index (χ0n) is 23.5. The number of para-hydroxylation sites is 1. The molecule has 1 N–H and O–H groups in total. The van der Waals surface area contributed by atoms with Crippen molar-refractivity contribution in [1.29, 1.82) is 0 Å². The lowest BCUT2D eigenvalue weighted by Crippen LogP contribution is -2.64. The number of H-pyrrole nitrogens is 1. The Morgan fingerprint density at radius 1 is 1.00 bits per heavy atom. The molecular formula is C29H29F3N7O5-. The van der Waals surface area contributed by atoms with Crippen molar-refractivity contribution in [3.63, 3.8) is 0 Å². The number of likely N-dealkylation sites (tertiary alicyclic amines) is 1. The Bertz CT molecular complexity index is 1590. The maximum absolute atomic E-state index is 14.0. The molecule has 44 heavy (non-hydrogen) atoms. The Hall–Kier alpha value is -4.82. The average molecular weight is 613 g/mol. The molecule has 0 unspecified atom stereocenters. The van der Waals surface area contributed by atoms with Crippen molar-refractivity contribution in [2.45, 2.75) is 30.6 Å². The summed E-state index contributed by atoms with van der Waals surface area (Å²) >= 11 is 0. The molecule has 12 nitrogen and oxygen atoms in total. The van der Waals surface area contributed by atoms with Gasteiger partial charge in [-0.05, 0) is 43.2 Å². The summed E-state index contributed by atoms with van der Waals surface area (Å²) in [4.78, 5) is 57.9. The van der Waals surface area contributed by atoms with Crippen LogP contribution in [0.25, 0.3) is 10.9 Å². The Kier molecular flexibility index (Phi) is 7.33. The number of piperidine rings is 1. The number of aromatic nitrogens is 2. The molecule has 2 aromatic carbocycles. The van der Waals surface area contributed by atoms with Crippen molar-refractivity contribution in [1.82, 2.24) is 29.8 Å². The van der Waals surface area contributed by atoms with E-state index < -0.39 is 49.4 Å². The molecule has 1 aromatic heterocycles. The zero-order chi connectivity index (χ0) is 31.2. The van der Waals surface area contributed by atoms with Crippen molar-refractivity contribution in [3.8, 4) is 0 Å². The van der Waals surface area contributed by atoms with Crippen LogP contribution in [0, 0.1) is 0 Å². The molecule has 0 saturated carbocycles. The molecule has 232 valence electrons. The SMILES string of the molecule is O=C(CN1CN(c2ccccc2)C2(CCN(C(=O)c3ccc4[nH]ncc4c3)CC2)C1=O)N1CCN(C(=O)[O-])[C@H](C(F)(F)F)C1. The van der Waals surface area contributed by atoms with E-state index in [2.05, 4.69) is 10.2 Å². The number of alkyl halides is 3. The summed E-state index contributed by atoms with van der Waals surface area (Å²) in [5.41, 5.74) is 0.977. The molecule has 3 saturated heterocycles. The van der Waals surface area contributed by atoms with Crippen molar-refractivity contribution >= 4 is 40.4 Å². The maximum Gasteiger partial charge on any atom is 0.410 e. The third-order valence-electron chi connectivity index (χ3n) is 8.82. The standard InChI is InChI=1S/C29H30F3N7O5/c30-29(31,32)23-16-36(12-13-38(23)27(43)44)24(40)17-37-18-39(21-4-2-1-3-5-21)28(26(37)42)8-10-35(11-9-28)25(41)19-6-7-22-20(14-19)15-33-34-22/h1-7,14-15,23H,8-13,16-18H2,(H,33,34)(H,43,44)/p-1/t23-/m0/s1. The number of benzene rings is 2. The van der Waals surface area contributed by atoms with E-state index in [4.69, 9.17) is 0 Å². The number of piperazine rings is 1. The molecule has 3 aliphatic heterocycles. The molecule has 0 aliphatic carbocycles. The first-order chi connectivity index (χ1) is 21.0. The Morgan fingerprint density at radius 3 is 2.41 bits per heavy atom. The average Bonchev–Trinajstić information content (AvgIpc) is 3.59. The Labute approximate surface area is 249 Å². The second-order valence-electron chi connectivity index (χ2n) is 11.3. The van der Waals surface area contributed by atoms with Gasteiger partial charge < -0.3 is 34.4 Å². The van der Waals surface area contributed by atoms with E-state index in [-0.39, 0.29) is 55.9 Å². The summed E-state index contributed by atoms with van der Waals surface area (Å²) in [5, 5.41) is 18.9. The molecule has 3 aliphatic rings. The topological polar surface area (TPSA) is 136 Å². The van der Waals surface area contributed by atoms with Gasteiger partial charge in [0.15, 0.2) is 0 Å². The molecule has 1 spiro atoms. The number of anilines is 1. The second kappa shape index (κ2) is 11.0. The van der Waals surface area contributed by atoms with Crippen LogP contribution in [0.3, 0.4) is 0 Å². The first kappa shape index (κ1) is 29.3. The van der Waals surface area contributed by atoms with Crippen LogP contribution < -0.4 is 10.0 Å². The van der Waals surface area contributed by atoms with Gasteiger partial charge in [-0.1, -0.05) is 18.2 Å². The van der Waals surface area contributed by atoms with Gasteiger partial charge in [-0.2, -0.15) is 18.3 Å². The fraction of sp³-hybridized carbons (Fsp3) is 0.414. The minimum atomic E-state index is -4.90. The number of rotatable bonds is 4. The number of carbonyl (C=O) groups is 4. The van der Waals surface area contributed by atoms with Crippen LogP contribution in [0.15, 0.2) is 54.7 Å². The largest absolute Gasteiger partial charge is 0.530 e. The molecule has 0 radical (unpaired) electrons. The number of fused-ring (bicyclic) bond motifs is 1. The first-order valence-electron chi connectivity index (χ1n) is 14.1. The van der Waals surface area contributed by atoms with Gasteiger partial charge in [0, 0.05) is 42.8 Å². The van der Waals surface area contributed by atoms with E-state index in [1.54, 1.807) is 29.3 Å². The van der Waals surface area contributed by atoms with Gasteiger partial charge in [-0.3, -0.25) is 19.5 Å². The molecule has 3 aromatic rings. The molecule has 4 amide bonds. The fourth-order valence-corrected chi connectivity index (χ4v) is 6.43. The van der Waals surface area contributed by atoms with E-state index >= 15 is 0 Å². The summed E-state index contributed by atoms with van der Waals surface area (Å²) in [6.45, 7) is -1.57. The van der Waals surface area contributed by atoms with Crippen LogP contribution in [0.2, 0.25) is 0 Å². The molecule has 6 rings (SSSR count). The molecule has 15 heteroatoms. The van der Waals surface area contributed by atoms with Gasteiger partial charge in [0.25, 0.3) is 11.8 Å². The van der Waals surface area contributed by atoms with Crippen molar-refractivity contribution in [3.05, 3.63) is 60.3 Å². The van der Waals surface area contributed by atoms with E-state index in [0.717, 1.165) is 21.5 Å². The highest BCUT2D eigenvalue weighted by Gasteiger charge is 2.55. The lowest BCUT2D eigenvalue weighted by atomic mass is 9.85. The second-order valence-corrected chi connectivity index (χ2v) is 11.3. The van der Waals surface area contributed by atoms with Crippen molar-refractivity contribution in [2.24, 2.45) is 0 Å². The van der Waals surface area contributed by atoms with Crippen LogP contribution in [0.4, 0.5) is 23.7 Å². The Balaban J connectivity index is 1.19. The van der Waals surface area contributed by atoms with Gasteiger partial charge >= 0.3 is 6.18 Å². The van der Waals surface area contributed by atoms with Crippen LogP contribution in [0.1, 0.15) is 23.2 Å². The summed E-state index contributed by atoms with van der Waals surface area (Å²) in [5.74, 6) is -1.23. The van der Waals surface area contributed by atoms with E-state index in [1.807, 2.05) is 35.2 Å². The quantitative estimate of drug-likeness (QED) is 0.469. The van der Waals surface area contributed by atoms with Gasteiger partial charge in [0.1, 0.15) is 24.2 Å². The van der Waals surface area contributed by atoms with Gasteiger partial charge in [0.05, 0.1) is 24.9 Å².